The number of hydrogen-bond acceptors (Lipinski definition) is 2. The van der Waals surface area contributed by atoms with E-state index in [0.717, 1.165) is 28.0 Å². The summed E-state index contributed by atoms with van der Waals surface area (Å²) in [6.07, 6.45) is 0. The second-order valence-corrected chi connectivity index (χ2v) is 5.21. The molecular formula is C16H16BrNO. The van der Waals surface area contributed by atoms with Crippen LogP contribution in [0.4, 0.5) is 11.4 Å². The van der Waals surface area contributed by atoms with E-state index >= 15 is 0 Å². The van der Waals surface area contributed by atoms with Gasteiger partial charge in [-0.3, -0.25) is 4.79 Å². The smallest absolute Gasteiger partial charge is 0.161 e. The van der Waals surface area contributed by atoms with Crippen LogP contribution in [-0.2, 0) is 0 Å². The van der Waals surface area contributed by atoms with Gasteiger partial charge in [0.2, 0.25) is 0 Å². The zero-order valence-electron chi connectivity index (χ0n) is 11.1. The standard InChI is InChI=1S/C16H16BrNO/c1-3-18(14-7-5-4-6-8-14)16-10-9-13(17)11-15(16)12(2)19/h4-11H,3H2,1-2H3. The summed E-state index contributed by atoms with van der Waals surface area (Å²) in [5, 5.41) is 0. The molecule has 2 rings (SSSR count). The highest BCUT2D eigenvalue weighted by molar-refractivity contribution is 9.10. The third kappa shape index (κ3) is 3.04. The normalized spacial score (nSPS) is 10.3. The largest absolute Gasteiger partial charge is 0.341 e. The summed E-state index contributed by atoms with van der Waals surface area (Å²) in [6, 6.07) is 15.9. The van der Waals surface area contributed by atoms with Crippen molar-refractivity contribution in [2.45, 2.75) is 13.8 Å². The summed E-state index contributed by atoms with van der Waals surface area (Å²) in [5.41, 5.74) is 2.78. The molecule has 0 aliphatic heterocycles. The number of halogens is 1. The minimum Gasteiger partial charge on any atom is -0.341 e. The van der Waals surface area contributed by atoms with E-state index in [4.69, 9.17) is 0 Å². The van der Waals surface area contributed by atoms with Crippen LogP contribution < -0.4 is 4.90 Å². The van der Waals surface area contributed by atoms with Crippen molar-refractivity contribution in [2.24, 2.45) is 0 Å². The first-order valence-corrected chi connectivity index (χ1v) is 7.06. The molecule has 0 aliphatic rings. The minimum absolute atomic E-state index is 0.0747. The second-order valence-electron chi connectivity index (χ2n) is 4.30. The first kappa shape index (κ1) is 13.8. The number of para-hydroxylation sites is 1. The van der Waals surface area contributed by atoms with Crippen LogP contribution in [0.15, 0.2) is 53.0 Å². The number of Topliss-reactive ketones (excluding diaryl/α,β-unsaturated/α-hetero) is 1. The van der Waals surface area contributed by atoms with Crippen LogP contribution in [0.5, 0.6) is 0 Å². The molecule has 0 amide bonds. The number of anilines is 2. The Bertz CT molecular complexity index is 581. The van der Waals surface area contributed by atoms with E-state index in [1.807, 2.05) is 36.4 Å². The molecule has 0 radical (unpaired) electrons. The molecule has 0 spiro atoms. The number of hydrogen-bond donors (Lipinski definition) is 0. The van der Waals surface area contributed by atoms with E-state index in [9.17, 15) is 4.79 Å². The van der Waals surface area contributed by atoms with Gasteiger partial charge in [0, 0.05) is 22.3 Å². The molecule has 0 saturated carbocycles. The molecule has 19 heavy (non-hydrogen) atoms. The number of nitrogens with zero attached hydrogens (tertiary/aromatic N) is 1. The van der Waals surface area contributed by atoms with Crippen molar-refractivity contribution in [3.8, 4) is 0 Å². The van der Waals surface area contributed by atoms with Crippen LogP contribution in [0, 0.1) is 0 Å². The Hall–Kier alpha value is -1.61. The van der Waals surface area contributed by atoms with Gasteiger partial charge in [0.25, 0.3) is 0 Å². The van der Waals surface area contributed by atoms with E-state index in [-0.39, 0.29) is 5.78 Å². The lowest BCUT2D eigenvalue weighted by atomic mass is 10.1. The molecule has 2 nitrogen and oxygen atoms in total. The Labute approximate surface area is 122 Å². The third-order valence-electron chi connectivity index (χ3n) is 3.01. The van der Waals surface area contributed by atoms with Gasteiger partial charge in [0.15, 0.2) is 5.78 Å². The highest BCUT2D eigenvalue weighted by Crippen LogP contribution is 2.30. The van der Waals surface area contributed by atoms with Crippen molar-refractivity contribution in [1.82, 2.24) is 0 Å². The number of carbonyl (C=O) groups is 1. The molecule has 0 fully saturated rings. The Kier molecular flexibility index (Phi) is 4.38. The van der Waals surface area contributed by atoms with E-state index in [1.54, 1.807) is 6.92 Å². The van der Waals surface area contributed by atoms with E-state index in [1.165, 1.54) is 0 Å². The lowest BCUT2D eigenvalue weighted by Crippen LogP contribution is -2.18. The van der Waals surface area contributed by atoms with Gasteiger partial charge >= 0.3 is 0 Å². The van der Waals surface area contributed by atoms with Gasteiger partial charge in [-0.2, -0.15) is 0 Å². The fourth-order valence-corrected chi connectivity index (χ4v) is 2.49. The summed E-state index contributed by atoms with van der Waals surface area (Å²) in [6.45, 7) is 4.50. The molecule has 0 heterocycles. The van der Waals surface area contributed by atoms with Gasteiger partial charge in [-0.15, -0.1) is 0 Å². The van der Waals surface area contributed by atoms with Gasteiger partial charge in [-0.25, -0.2) is 0 Å². The van der Waals surface area contributed by atoms with Crippen LogP contribution >= 0.6 is 15.9 Å². The predicted octanol–water partition coefficient (Wildman–Crippen LogP) is 4.81. The molecule has 2 aromatic rings. The third-order valence-corrected chi connectivity index (χ3v) is 3.51. The maximum absolute atomic E-state index is 11.8. The second kappa shape index (κ2) is 6.02. The molecule has 0 unspecified atom stereocenters. The highest BCUT2D eigenvalue weighted by atomic mass is 79.9. The summed E-state index contributed by atoms with van der Waals surface area (Å²) >= 11 is 3.42. The van der Waals surface area contributed by atoms with Gasteiger partial charge in [-0.05, 0) is 44.2 Å². The predicted molar refractivity (Wildman–Crippen MR) is 83.3 cm³/mol. The Morgan fingerprint density at radius 3 is 2.42 bits per heavy atom. The van der Waals surface area contributed by atoms with Crippen LogP contribution in [0.1, 0.15) is 24.2 Å². The number of carbonyl (C=O) groups excluding carboxylic acids is 1. The van der Waals surface area contributed by atoms with Crippen molar-refractivity contribution >= 4 is 33.1 Å². The maximum Gasteiger partial charge on any atom is 0.161 e. The molecule has 0 saturated heterocycles. The van der Waals surface area contributed by atoms with Gasteiger partial charge < -0.3 is 4.90 Å². The molecule has 2 aromatic carbocycles. The summed E-state index contributed by atoms with van der Waals surface area (Å²) < 4.78 is 0.922. The van der Waals surface area contributed by atoms with E-state index in [0.29, 0.717) is 0 Å². The molecule has 0 aliphatic carbocycles. The topological polar surface area (TPSA) is 20.3 Å². The van der Waals surface area contributed by atoms with Crippen LogP contribution in [0.25, 0.3) is 0 Å². The van der Waals surface area contributed by atoms with Gasteiger partial charge in [0.05, 0.1) is 5.69 Å². The Morgan fingerprint density at radius 1 is 1.16 bits per heavy atom. The SMILES string of the molecule is CCN(c1ccccc1)c1ccc(Br)cc1C(C)=O. The molecule has 0 aromatic heterocycles. The summed E-state index contributed by atoms with van der Waals surface area (Å²) in [5.74, 6) is 0.0747. The van der Waals surface area contributed by atoms with Crippen LogP contribution in [-0.4, -0.2) is 12.3 Å². The molecule has 0 bridgehead atoms. The summed E-state index contributed by atoms with van der Waals surface area (Å²) in [7, 11) is 0. The highest BCUT2D eigenvalue weighted by Gasteiger charge is 2.14. The summed E-state index contributed by atoms with van der Waals surface area (Å²) in [4.78, 5) is 14.0. The monoisotopic (exact) mass is 317 g/mol. The first-order chi connectivity index (χ1) is 9.13. The minimum atomic E-state index is 0.0747. The van der Waals surface area contributed by atoms with E-state index in [2.05, 4.69) is 39.9 Å². The average Bonchev–Trinajstić information content (AvgIpc) is 2.42. The Morgan fingerprint density at radius 2 is 1.84 bits per heavy atom. The molecule has 3 heteroatoms. The number of rotatable bonds is 4. The number of ketones is 1. The average molecular weight is 318 g/mol. The fraction of sp³-hybridized carbons (Fsp3) is 0.188. The number of benzene rings is 2. The lowest BCUT2D eigenvalue weighted by Gasteiger charge is -2.25. The fourth-order valence-electron chi connectivity index (χ4n) is 2.13. The molecular weight excluding hydrogens is 302 g/mol. The quantitative estimate of drug-likeness (QED) is 0.754. The lowest BCUT2D eigenvalue weighted by molar-refractivity contribution is 0.101. The zero-order valence-corrected chi connectivity index (χ0v) is 12.6. The zero-order chi connectivity index (χ0) is 13.8. The van der Waals surface area contributed by atoms with Crippen LogP contribution in [0.2, 0.25) is 0 Å². The van der Waals surface area contributed by atoms with Crippen molar-refractivity contribution in [1.29, 1.82) is 0 Å². The molecule has 0 atom stereocenters. The van der Waals surface area contributed by atoms with Crippen molar-refractivity contribution < 1.29 is 4.79 Å². The van der Waals surface area contributed by atoms with Crippen LogP contribution in [0.3, 0.4) is 0 Å². The van der Waals surface area contributed by atoms with E-state index < -0.39 is 0 Å². The van der Waals surface area contributed by atoms with Crippen molar-refractivity contribution in [2.75, 3.05) is 11.4 Å². The molecule has 98 valence electrons. The van der Waals surface area contributed by atoms with Crippen molar-refractivity contribution in [3.63, 3.8) is 0 Å². The van der Waals surface area contributed by atoms with Gasteiger partial charge in [0.1, 0.15) is 0 Å². The maximum atomic E-state index is 11.8. The first-order valence-electron chi connectivity index (χ1n) is 6.26. The van der Waals surface area contributed by atoms with Gasteiger partial charge in [-0.1, -0.05) is 34.1 Å². The Balaban J connectivity index is 2.53. The molecule has 0 N–H and O–H groups in total. The van der Waals surface area contributed by atoms with Crippen molar-refractivity contribution in [3.05, 3.63) is 58.6 Å².